The first-order valence-electron chi connectivity index (χ1n) is 3.69. The summed E-state index contributed by atoms with van der Waals surface area (Å²) in [6.45, 7) is 0.544. The van der Waals surface area contributed by atoms with Gasteiger partial charge in [-0.2, -0.15) is 5.90 Å². The average molecular weight is 228 g/mol. The van der Waals surface area contributed by atoms with Crippen molar-refractivity contribution >= 4 is 29.4 Å². The lowest BCUT2D eigenvalue weighted by molar-refractivity contribution is -0.195. The highest BCUT2D eigenvalue weighted by Gasteiger charge is 1.95. The number of thiocarbonyl (C=S) groups is 1. The highest BCUT2D eigenvalue weighted by atomic mass is 32.2. The van der Waals surface area contributed by atoms with Gasteiger partial charge in [0.2, 0.25) is 0 Å². The van der Waals surface area contributed by atoms with Crippen LogP contribution in [0.25, 0.3) is 0 Å². The van der Waals surface area contributed by atoms with E-state index in [0.29, 0.717) is 6.54 Å². The molecule has 4 nitrogen and oxygen atoms in total. The van der Waals surface area contributed by atoms with Crippen LogP contribution in [0.15, 0.2) is 34.2 Å². The molecule has 1 aromatic carbocycles. The molecular weight excluding hydrogens is 220 g/mol. The highest BCUT2D eigenvalue weighted by molar-refractivity contribution is 7.94. The molecule has 14 heavy (non-hydrogen) atoms. The average Bonchev–Trinajstić information content (AvgIpc) is 2.25. The van der Waals surface area contributed by atoms with Gasteiger partial charge in [0.05, 0.1) is 23.7 Å². The summed E-state index contributed by atoms with van der Waals surface area (Å²) < 4.78 is 4.48. The van der Waals surface area contributed by atoms with E-state index in [4.69, 9.17) is 5.90 Å². The van der Waals surface area contributed by atoms with Crippen molar-refractivity contribution in [1.29, 1.82) is 0 Å². The fourth-order valence-corrected chi connectivity index (χ4v) is 1.26. The zero-order valence-corrected chi connectivity index (χ0v) is 8.81. The van der Waals surface area contributed by atoms with E-state index in [1.807, 2.05) is 24.3 Å². The minimum atomic E-state index is 0.544. The Labute approximate surface area is 91.2 Å². The molecule has 0 bridgehead atoms. The van der Waals surface area contributed by atoms with Gasteiger partial charge in [-0.3, -0.25) is 0 Å². The zero-order valence-electron chi connectivity index (χ0n) is 7.17. The Morgan fingerprint density at radius 2 is 2.14 bits per heavy atom. The Morgan fingerprint density at radius 3 is 2.71 bits per heavy atom. The number of isothiocyanates is 1. The molecule has 0 aliphatic rings. The van der Waals surface area contributed by atoms with Gasteiger partial charge in [-0.25, -0.2) is 4.99 Å². The van der Waals surface area contributed by atoms with Crippen molar-refractivity contribution in [3.05, 3.63) is 29.8 Å². The summed E-state index contributed by atoms with van der Waals surface area (Å²) in [6.07, 6.45) is 0. The molecule has 0 aliphatic heterocycles. The van der Waals surface area contributed by atoms with Gasteiger partial charge >= 0.3 is 0 Å². The molecule has 0 saturated carbocycles. The molecule has 2 N–H and O–H groups in total. The van der Waals surface area contributed by atoms with Crippen LogP contribution in [0.5, 0.6) is 0 Å². The molecular formula is C8H8N2O2S2. The fourth-order valence-electron chi connectivity index (χ4n) is 0.833. The third-order valence-electron chi connectivity index (χ3n) is 1.42. The standard InChI is InChI=1S/C8H8N2O2S2/c9-11-12-14-8-3-1-7(2-4-8)5-10-6-13/h1-4H,5,9H2. The molecule has 0 spiro atoms. The molecule has 0 amide bonds. The van der Waals surface area contributed by atoms with Crippen LogP contribution >= 0.6 is 24.3 Å². The topological polar surface area (TPSA) is 56.8 Å². The van der Waals surface area contributed by atoms with E-state index in [9.17, 15) is 0 Å². The molecule has 0 fully saturated rings. The van der Waals surface area contributed by atoms with E-state index in [-0.39, 0.29) is 0 Å². The van der Waals surface area contributed by atoms with Gasteiger partial charge in [-0.05, 0) is 29.9 Å². The summed E-state index contributed by atoms with van der Waals surface area (Å²) in [6, 6.07) is 7.58. The Hall–Kier alpha value is -0.750. The zero-order chi connectivity index (χ0) is 10.2. The van der Waals surface area contributed by atoms with Crippen molar-refractivity contribution in [3.63, 3.8) is 0 Å². The van der Waals surface area contributed by atoms with Gasteiger partial charge < -0.3 is 0 Å². The molecule has 1 rings (SSSR count). The van der Waals surface area contributed by atoms with Crippen molar-refractivity contribution in [1.82, 2.24) is 0 Å². The highest BCUT2D eigenvalue weighted by Crippen LogP contribution is 2.19. The second-order valence-electron chi connectivity index (χ2n) is 2.30. The van der Waals surface area contributed by atoms with Crippen molar-refractivity contribution in [2.24, 2.45) is 10.9 Å². The van der Waals surface area contributed by atoms with Gasteiger partial charge in [0.15, 0.2) is 0 Å². The Bertz CT molecular complexity index is 323. The number of nitrogens with zero attached hydrogens (tertiary/aromatic N) is 1. The SMILES string of the molecule is NOOSc1ccc(CN=C=S)cc1. The number of hydrogen-bond donors (Lipinski definition) is 1. The first-order chi connectivity index (χ1) is 6.86. The summed E-state index contributed by atoms with van der Waals surface area (Å²) in [4.78, 5) is 8.67. The Balaban J connectivity index is 2.54. The molecule has 0 radical (unpaired) electrons. The van der Waals surface area contributed by atoms with Crippen LogP contribution in [0.2, 0.25) is 0 Å². The van der Waals surface area contributed by atoms with E-state index in [2.05, 4.69) is 31.7 Å². The molecule has 74 valence electrons. The van der Waals surface area contributed by atoms with E-state index in [1.165, 1.54) is 0 Å². The van der Waals surface area contributed by atoms with Crippen LogP contribution < -0.4 is 5.90 Å². The quantitative estimate of drug-likeness (QED) is 0.275. The van der Waals surface area contributed by atoms with Crippen molar-refractivity contribution in [2.75, 3.05) is 0 Å². The summed E-state index contributed by atoms with van der Waals surface area (Å²) in [5.41, 5.74) is 1.06. The molecule has 0 heterocycles. The van der Waals surface area contributed by atoms with Crippen LogP contribution in [-0.4, -0.2) is 5.16 Å². The molecule has 0 atom stereocenters. The van der Waals surface area contributed by atoms with Gasteiger partial charge in [0.1, 0.15) is 0 Å². The number of benzene rings is 1. The van der Waals surface area contributed by atoms with E-state index in [1.54, 1.807) is 0 Å². The van der Waals surface area contributed by atoms with E-state index < -0.39 is 0 Å². The number of aliphatic imine (C=N–C) groups is 1. The smallest absolute Gasteiger partial charge is 0.0743 e. The number of rotatable bonds is 5. The van der Waals surface area contributed by atoms with Crippen LogP contribution in [-0.2, 0) is 15.9 Å². The van der Waals surface area contributed by atoms with Crippen LogP contribution in [0.4, 0.5) is 0 Å². The summed E-state index contributed by atoms with van der Waals surface area (Å²) >= 11 is 5.50. The summed E-state index contributed by atoms with van der Waals surface area (Å²) in [7, 11) is 0. The lowest BCUT2D eigenvalue weighted by Crippen LogP contribution is -1.93. The Kier molecular flexibility index (Phi) is 5.39. The fraction of sp³-hybridized carbons (Fsp3) is 0.125. The minimum absolute atomic E-state index is 0.544. The molecule has 0 saturated heterocycles. The van der Waals surface area contributed by atoms with E-state index in [0.717, 1.165) is 22.5 Å². The maximum atomic E-state index is 4.69. The summed E-state index contributed by atoms with van der Waals surface area (Å²) in [5.74, 6) is 4.69. The van der Waals surface area contributed by atoms with Gasteiger partial charge in [-0.15, -0.1) is 9.32 Å². The van der Waals surface area contributed by atoms with Crippen LogP contribution in [0.1, 0.15) is 5.56 Å². The Morgan fingerprint density at radius 1 is 1.43 bits per heavy atom. The molecule has 0 aliphatic carbocycles. The number of hydrogen-bond acceptors (Lipinski definition) is 6. The van der Waals surface area contributed by atoms with Crippen LogP contribution in [0, 0.1) is 0 Å². The maximum absolute atomic E-state index is 4.69. The second kappa shape index (κ2) is 6.67. The van der Waals surface area contributed by atoms with Crippen molar-refractivity contribution < 1.29 is 9.32 Å². The third kappa shape index (κ3) is 3.97. The first-order valence-corrected chi connectivity index (χ1v) is 4.84. The van der Waals surface area contributed by atoms with Crippen LogP contribution in [0.3, 0.4) is 0 Å². The molecule has 0 unspecified atom stereocenters. The van der Waals surface area contributed by atoms with Crippen molar-refractivity contribution in [2.45, 2.75) is 11.4 Å². The monoisotopic (exact) mass is 228 g/mol. The minimum Gasteiger partial charge on any atom is -0.228 e. The maximum Gasteiger partial charge on any atom is 0.0743 e. The van der Waals surface area contributed by atoms with Gasteiger partial charge in [0, 0.05) is 4.90 Å². The normalized spacial score (nSPS) is 9.50. The largest absolute Gasteiger partial charge is 0.228 e. The lowest BCUT2D eigenvalue weighted by atomic mass is 10.2. The second-order valence-corrected chi connectivity index (χ2v) is 3.26. The first kappa shape index (κ1) is 11.3. The third-order valence-corrected chi connectivity index (χ3v) is 2.16. The predicted molar refractivity (Wildman–Crippen MR) is 57.4 cm³/mol. The summed E-state index contributed by atoms with van der Waals surface area (Å²) in [5, 5.41) is 2.31. The number of nitrogens with two attached hydrogens (primary N) is 1. The molecule has 6 heteroatoms. The molecule has 1 aromatic rings. The van der Waals surface area contributed by atoms with E-state index >= 15 is 0 Å². The predicted octanol–water partition coefficient (Wildman–Crippen LogP) is 2.12. The van der Waals surface area contributed by atoms with Gasteiger partial charge in [0.25, 0.3) is 0 Å². The van der Waals surface area contributed by atoms with Crippen molar-refractivity contribution in [3.8, 4) is 0 Å². The molecule has 0 aromatic heterocycles. The lowest BCUT2D eigenvalue weighted by Gasteiger charge is -1.99. The van der Waals surface area contributed by atoms with Gasteiger partial charge in [-0.1, -0.05) is 12.1 Å².